The van der Waals surface area contributed by atoms with E-state index >= 15 is 0 Å². The molecule has 1 aromatic rings. The Morgan fingerprint density at radius 3 is 2.69 bits per heavy atom. The molecule has 1 aromatic carbocycles. The molecule has 0 bridgehead atoms. The van der Waals surface area contributed by atoms with Crippen LogP contribution in [0.5, 0.6) is 0 Å². The van der Waals surface area contributed by atoms with Gasteiger partial charge in [-0.1, -0.05) is 6.07 Å². The number of nitrogens with two attached hydrogens (primary N) is 1. The van der Waals surface area contributed by atoms with Crippen LogP contribution in [-0.2, 0) is 4.79 Å². The number of carboxylic acids is 1. The van der Waals surface area contributed by atoms with E-state index in [1.165, 1.54) is 0 Å². The molecule has 0 aromatic heterocycles. The van der Waals surface area contributed by atoms with Gasteiger partial charge in [-0.05, 0) is 33.6 Å². The number of rotatable bonds is 4. The number of anilines is 1. The topological polar surface area (TPSA) is 66.6 Å². The van der Waals surface area contributed by atoms with E-state index in [1.54, 1.807) is 0 Å². The molecule has 5 heteroatoms. The third kappa shape index (κ3) is 3.21. The largest absolute Gasteiger partial charge is 0.481 e. The summed E-state index contributed by atoms with van der Waals surface area (Å²) in [4.78, 5) is 12.5. The third-order valence-electron chi connectivity index (χ3n) is 2.27. The molecule has 0 aliphatic heterocycles. The first-order valence-corrected chi connectivity index (χ1v) is 5.65. The Morgan fingerprint density at radius 2 is 2.19 bits per heavy atom. The number of aliphatic carboxylic acids is 1. The van der Waals surface area contributed by atoms with Crippen molar-refractivity contribution in [3.05, 3.63) is 28.2 Å². The molecule has 4 nitrogen and oxygen atoms in total. The van der Waals surface area contributed by atoms with Crippen LogP contribution in [0.2, 0.25) is 0 Å². The van der Waals surface area contributed by atoms with E-state index in [4.69, 9.17) is 10.8 Å². The maximum atomic E-state index is 10.6. The van der Waals surface area contributed by atoms with Gasteiger partial charge in [0.1, 0.15) is 0 Å². The van der Waals surface area contributed by atoms with Crippen LogP contribution in [0.1, 0.15) is 18.0 Å². The lowest BCUT2D eigenvalue weighted by Crippen LogP contribution is -2.16. The fourth-order valence-corrected chi connectivity index (χ4v) is 2.01. The minimum absolute atomic E-state index is 0.0610. The smallest absolute Gasteiger partial charge is 0.305 e. The molecule has 0 fully saturated rings. The minimum atomic E-state index is -0.887. The summed E-state index contributed by atoms with van der Waals surface area (Å²) < 4.78 is 0.962. The standard InChI is InChI=1S/C11H15BrN2O2/c1-14(2)10-5-7(3-4-8(10)12)9(13)6-11(15)16/h3-5,9H,6,13H2,1-2H3,(H,15,16). The highest BCUT2D eigenvalue weighted by atomic mass is 79.9. The van der Waals surface area contributed by atoms with Crippen molar-refractivity contribution in [3.8, 4) is 0 Å². The lowest BCUT2D eigenvalue weighted by molar-refractivity contribution is -0.137. The zero-order valence-corrected chi connectivity index (χ0v) is 10.9. The van der Waals surface area contributed by atoms with Crippen molar-refractivity contribution in [1.29, 1.82) is 0 Å². The highest BCUT2D eigenvalue weighted by molar-refractivity contribution is 9.10. The van der Waals surface area contributed by atoms with Gasteiger partial charge in [-0.3, -0.25) is 4.79 Å². The van der Waals surface area contributed by atoms with Gasteiger partial charge in [0.2, 0.25) is 0 Å². The van der Waals surface area contributed by atoms with E-state index in [0.717, 1.165) is 15.7 Å². The lowest BCUT2D eigenvalue weighted by Gasteiger charge is -2.18. The van der Waals surface area contributed by atoms with Gasteiger partial charge in [0.15, 0.2) is 0 Å². The van der Waals surface area contributed by atoms with Crippen LogP contribution < -0.4 is 10.6 Å². The van der Waals surface area contributed by atoms with Gasteiger partial charge < -0.3 is 15.7 Å². The molecule has 3 N–H and O–H groups in total. The second-order valence-corrected chi connectivity index (χ2v) is 4.66. The molecular weight excluding hydrogens is 272 g/mol. The number of carboxylic acid groups (broad SMARTS) is 1. The van der Waals surface area contributed by atoms with Crippen LogP contribution >= 0.6 is 15.9 Å². The van der Waals surface area contributed by atoms with Gasteiger partial charge in [-0.2, -0.15) is 0 Å². The highest BCUT2D eigenvalue weighted by Crippen LogP contribution is 2.28. The van der Waals surface area contributed by atoms with Crippen molar-refractivity contribution in [2.24, 2.45) is 5.73 Å². The summed E-state index contributed by atoms with van der Waals surface area (Å²) in [5, 5.41) is 8.68. The van der Waals surface area contributed by atoms with Crippen molar-refractivity contribution in [3.63, 3.8) is 0 Å². The van der Waals surface area contributed by atoms with Crippen molar-refractivity contribution in [1.82, 2.24) is 0 Å². The number of nitrogens with zero attached hydrogens (tertiary/aromatic N) is 1. The number of hydrogen-bond donors (Lipinski definition) is 2. The quantitative estimate of drug-likeness (QED) is 0.888. The third-order valence-corrected chi connectivity index (χ3v) is 2.95. The molecule has 88 valence electrons. The van der Waals surface area contributed by atoms with Crippen LogP contribution in [0.4, 0.5) is 5.69 Å². The second-order valence-electron chi connectivity index (χ2n) is 3.81. The van der Waals surface area contributed by atoms with Gasteiger partial charge in [-0.15, -0.1) is 0 Å². The number of halogens is 1. The first-order chi connectivity index (χ1) is 7.41. The first-order valence-electron chi connectivity index (χ1n) is 4.86. The van der Waals surface area contributed by atoms with Crippen molar-refractivity contribution in [2.45, 2.75) is 12.5 Å². The predicted molar refractivity (Wildman–Crippen MR) is 67.7 cm³/mol. The monoisotopic (exact) mass is 286 g/mol. The summed E-state index contributed by atoms with van der Waals surface area (Å²) >= 11 is 3.43. The molecule has 1 rings (SSSR count). The number of hydrogen-bond acceptors (Lipinski definition) is 3. The Kier molecular flexibility index (Phi) is 4.32. The van der Waals surface area contributed by atoms with Gasteiger partial charge in [0, 0.05) is 24.6 Å². The van der Waals surface area contributed by atoms with Gasteiger partial charge in [-0.25, -0.2) is 0 Å². The normalized spacial score (nSPS) is 12.2. The maximum Gasteiger partial charge on any atom is 0.305 e. The van der Waals surface area contributed by atoms with E-state index in [2.05, 4.69) is 15.9 Å². The molecule has 0 amide bonds. The fourth-order valence-electron chi connectivity index (χ4n) is 1.41. The van der Waals surface area contributed by atoms with E-state index in [9.17, 15) is 4.79 Å². The molecule has 1 atom stereocenters. The Morgan fingerprint density at radius 1 is 1.56 bits per heavy atom. The molecule has 1 unspecified atom stereocenters. The molecule has 0 radical (unpaired) electrons. The maximum absolute atomic E-state index is 10.6. The summed E-state index contributed by atoms with van der Waals surface area (Å²) in [5.41, 5.74) is 7.61. The summed E-state index contributed by atoms with van der Waals surface area (Å²) in [7, 11) is 3.85. The van der Waals surface area contributed by atoms with E-state index in [1.807, 2.05) is 37.2 Å². The highest BCUT2D eigenvalue weighted by Gasteiger charge is 2.12. The van der Waals surface area contributed by atoms with E-state index in [-0.39, 0.29) is 6.42 Å². The minimum Gasteiger partial charge on any atom is -0.481 e. The fraction of sp³-hybridized carbons (Fsp3) is 0.364. The molecule has 0 saturated heterocycles. The Balaban J connectivity index is 2.98. The van der Waals surface area contributed by atoms with Crippen molar-refractivity contribution < 1.29 is 9.90 Å². The molecular formula is C11H15BrN2O2. The Labute approximate surface area is 103 Å². The molecule has 0 saturated carbocycles. The van der Waals surface area contributed by atoms with Crippen LogP contribution in [0.3, 0.4) is 0 Å². The zero-order valence-electron chi connectivity index (χ0n) is 9.27. The average Bonchev–Trinajstić information content (AvgIpc) is 2.16. The van der Waals surface area contributed by atoms with E-state index < -0.39 is 12.0 Å². The summed E-state index contributed by atoms with van der Waals surface area (Å²) in [5.74, 6) is -0.887. The molecule has 0 spiro atoms. The van der Waals surface area contributed by atoms with Crippen molar-refractivity contribution >= 4 is 27.6 Å². The average molecular weight is 287 g/mol. The SMILES string of the molecule is CN(C)c1cc(C(N)CC(=O)O)ccc1Br. The molecule has 16 heavy (non-hydrogen) atoms. The Hall–Kier alpha value is -1.07. The number of benzene rings is 1. The molecule has 0 aliphatic carbocycles. The molecule has 0 aliphatic rings. The van der Waals surface area contributed by atoms with Crippen molar-refractivity contribution in [2.75, 3.05) is 19.0 Å². The summed E-state index contributed by atoms with van der Waals surface area (Å²) in [6, 6.07) is 5.15. The summed E-state index contributed by atoms with van der Waals surface area (Å²) in [6.45, 7) is 0. The van der Waals surface area contributed by atoms with Crippen LogP contribution in [0.15, 0.2) is 22.7 Å². The van der Waals surface area contributed by atoms with Crippen LogP contribution in [0, 0.1) is 0 Å². The van der Waals surface area contributed by atoms with Gasteiger partial charge in [0.25, 0.3) is 0 Å². The van der Waals surface area contributed by atoms with Gasteiger partial charge >= 0.3 is 5.97 Å². The van der Waals surface area contributed by atoms with Gasteiger partial charge in [0.05, 0.1) is 12.1 Å². The van der Waals surface area contributed by atoms with E-state index in [0.29, 0.717) is 0 Å². The molecule has 0 heterocycles. The zero-order chi connectivity index (χ0) is 12.3. The van der Waals surface area contributed by atoms with Crippen LogP contribution in [0.25, 0.3) is 0 Å². The second kappa shape index (κ2) is 5.32. The lowest BCUT2D eigenvalue weighted by atomic mass is 10.0. The van der Waals surface area contributed by atoms with Crippen LogP contribution in [-0.4, -0.2) is 25.2 Å². The Bertz CT molecular complexity index is 394. The first kappa shape index (κ1) is 13.0. The number of carbonyl (C=O) groups is 1. The predicted octanol–water partition coefficient (Wildman–Crippen LogP) is 1.99. The summed E-state index contributed by atoms with van der Waals surface area (Å²) in [6.07, 6.45) is -0.0610.